The minimum atomic E-state index is -4.50. The number of hydrogen-bond acceptors (Lipinski definition) is 5. The van der Waals surface area contributed by atoms with E-state index in [9.17, 15) is 18.0 Å². The van der Waals surface area contributed by atoms with Crippen molar-refractivity contribution in [3.8, 4) is 16.5 Å². The Bertz CT molecular complexity index is 1150. The first-order valence-corrected chi connectivity index (χ1v) is 8.49. The Morgan fingerprint density at radius 3 is 2.63 bits per heavy atom. The molecular formula is C17H10F3N5OS. The number of hydrogen-bond donors (Lipinski definition) is 1. The summed E-state index contributed by atoms with van der Waals surface area (Å²) in [6.07, 6.45) is -2.93. The summed E-state index contributed by atoms with van der Waals surface area (Å²) in [5.41, 5.74) is 5.29. The minimum absolute atomic E-state index is 0.0127. The summed E-state index contributed by atoms with van der Waals surface area (Å²) in [6.45, 7) is 0. The van der Waals surface area contributed by atoms with E-state index >= 15 is 0 Å². The molecule has 0 fully saturated rings. The summed E-state index contributed by atoms with van der Waals surface area (Å²) in [7, 11) is 0. The van der Waals surface area contributed by atoms with Gasteiger partial charge in [-0.2, -0.15) is 13.2 Å². The van der Waals surface area contributed by atoms with E-state index in [0.717, 1.165) is 12.1 Å². The number of amides is 1. The van der Waals surface area contributed by atoms with Gasteiger partial charge in [-0.05, 0) is 30.3 Å². The van der Waals surface area contributed by atoms with E-state index in [0.29, 0.717) is 16.3 Å². The third-order valence-corrected chi connectivity index (χ3v) is 4.58. The molecule has 4 rings (SSSR count). The Morgan fingerprint density at radius 2 is 1.96 bits per heavy atom. The van der Waals surface area contributed by atoms with Crippen LogP contribution in [-0.4, -0.2) is 25.4 Å². The molecule has 0 aliphatic carbocycles. The second-order valence-electron chi connectivity index (χ2n) is 5.56. The van der Waals surface area contributed by atoms with Crippen LogP contribution in [0.25, 0.3) is 27.7 Å². The number of thiazole rings is 1. The van der Waals surface area contributed by atoms with Gasteiger partial charge >= 0.3 is 6.18 Å². The number of halogens is 3. The molecule has 0 saturated heterocycles. The first-order chi connectivity index (χ1) is 12.8. The van der Waals surface area contributed by atoms with Gasteiger partial charge in [-0.25, -0.2) is 15.0 Å². The predicted molar refractivity (Wildman–Crippen MR) is 93.5 cm³/mol. The van der Waals surface area contributed by atoms with E-state index in [4.69, 9.17) is 5.73 Å². The molecule has 4 aromatic rings. The van der Waals surface area contributed by atoms with Gasteiger partial charge in [-0.1, -0.05) is 6.07 Å². The largest absolute Gasteiger partial charge is 0.416 e. The van der Waals surface area contributed by atoms with Gasteiger partial charge in [-0.15, -0.1) is 11.3 Å². The molecule has 0 saturated carbocycles. The van der Waals surface area contributed by atoms with Crippen molar-refractivity contribution in [1.82, 2.24) is 19.5 Å². The van der Waals surface area contributed by atoms with Crippen molar-refractivity contribution >= 4 is 28.4 Å². The molecule has 0 bridgehead atoms. The van der Waals surface area contributed by atoms with E-state index in [1.54, 1.807) is 17.6 Å². The second-order valence-corrected chi connectivity index (χ2v) is 6.45. The van der Waals surface area contributed by atoms with Crippen LogP contribution in [0.5, 0.6) is 0 Å². The highest BCUT2D eigenvalue weighted by atomic mass is 32.1. The fraction of sp³-hybridized carbons (Fsp3) is 0.0588. The monoisotopic (exact) mass is 389 g/mol. The highest BCUT2D eigenvalue weighted by Gasteiger charge is 2.31. The number of carbonyl (C=O) groups excluding carboxylic acids is 1. The van der Waals surface area contributed by atoms with Crippen molar-refractivity contribution in [2.24, 2.45) is 5.73 Å². The molecule has 0 atom stereocenters. The first kappa shape index (κ1) is 17.2. The predicted octanol–water partition coefficient (Wildman–Crippen LogP) is 3.66. The molecule has 3 aromatic heterocycles. The van der Waals surface area contributed by atoms with Crippen LogP contribution in [0.1, 0.15) is 16.1 Å². The molecule has 0 aliphatic heterocycles. The normalized spacial score (nSPS) is 11.8. The molecule has 0 unspecified atom stereocenters. The van der Waals surface area contributed by atoms with Crippen molar-refractivity contribution in [2.75, 3.05) is 0 Å². The maximum atomic E-state index is 13.2. The van der Waals surface area contributed by atoms with Crippen LogP contribution in [-0.2, 0) is 6.18 Å². The smallest absolute Gasteiger partial charge is 0.364 e. The zero-order chi connectivity index (χ0) is 19.2. The van der Waals surface area contributed by atoms with Crippen molar-refractivity contribution in [3.63, 3.8) is 0 Å². The molecule has 3 heterocycles. The van der Waals surface area contributed by atoms with Crippen LogP contribution in [0.2, 0.25) is 0 Å². The molecular weight excluding hydrogens is 379 g/mol. The number of primary amides is 1. The number of fused-ring (bicyclic) bond motifs is 1. The molecule has 0 radical (unpaired) electrons. The Kier molecular flexibility index (Phi) is 3.92. The van der Waals surface area contributed by atoms with Crippen molar-refractivity contribution < 1.29 is 18.0 Å². The van der Waals surface area contributed by atoms with Gasteiger partial charge in [0.1, 0.15) is 11.2 Å². The summed E-state index contributed by atoms with van der Waals surface area (Å²) in [5.74, 6) is -0.419. The van der Waals surface area contributed by atoms with Crippen LogP contribution >= 0.6 is 11.3 Å². The van der Waals surface area contributed by atoms with Gasteiger partial charge in [-0.3, -0.25) is 9.36 Å². The Morgan fingerprint density at radius 1 is 1.15 bits per heavy atom. The van der Waals surface area contributed by atoms with E-state index in [2.05, 4.69) is 15.0 Å². The number of imidazole rings is 1. The SMILES string of the molecule is NC(=O)c1ccc2nc(-c3nccs3)n(-c3cccc(C(F)(F)F)c3)c2n1. The summed E-state index contributed by atoms with van der Waals surface area (Å²) in [5, 5.41) is 2.24. The van der Waals surface area contributed by atoms with Crippen LogP contribution in [0, 0.1) is 0 Å². The molecule has 1 aromatic carbocycles. The fourth-order valence-corrected chi connectivity index (χ4v) is 3.25. The van der Waals surface area contributed by atoms with Gasteiger partial charge in [0.15, 0.2) is 16.5 Å². The lowest BCUT2D eigenvalue weighted by Crippen LogP contribution is -2.13. The first-order valence-electron chi connectivity index (χ1n) is 7.61. The average Bonchev–Trinajstić information content (AvgIpc) is 3.27. The average molecular weight is 389 g/mol. The van der Waals surface area contributed by atoms with Crippen LogP contribution < -0.4 is 5.73 Å². The topological polar surface area (TPSA) is 86.7 Å². The zero-order valence-electron chi connectivity index (χ0n) is 13.4. The van der Waals surface area contributed by atoms with Crippen molar-refractivity contribution in [3.05, 3.63) is 59.2 Å². The quantitative estimate of drug-likeness (QED) is 0.579. The number of rotatable bonds is 3. The number of benzene rings is 1. The summed E-state index contributed by atoms with van der Waals surface area (Å²) in [4.78, 5) is 24.3. The van der Waals surface area contributed by atoms with E-state index in [1.165, 1.54) is 34.1 Å². The van der Waals surface area contributed by atoms with Gasteiger partial charge in [0.2, 0.25) is 0 Å². The highest BCUT2D eigenvalue weighted by molar-refractivity contribution is 7.13. The lowest BCUT2D eigenvalue weighted by molar-refractivity contribution is -0.137. The zero-order valence-corrected chi connectivity index (χ0v) is 14.3. The summed E-state index contributed by atoms with van der Waals surface area (Å²) in [6, 6.07) is 7.74. The standard InChI is InChI=1S/C17H10F3N5OS/c18-17(19,20)9-2-1-3-10(8-9)25-14-12(5-4-11(23-14)13(21)26)24-15(25)16-22-6-7-27-16/h1-8H,(H2,21,26). The van der Waals surface area contributed by atoms with Gasteiger partial charge in [0, 0.05) is 17.3 Å². The van der Waals surface area contributed by atoms with Gasteiger partial charge in [0.25, 0.3) is 5.91 Å². The van der Waals surface area contributed by atoms with Crippen molar-refractivity contribution in [1.29, 1.82) is 0 Å². The number of aromatic nitrogens is 4. The maximum Gasteiger partial charge on any atom is 0.416 e. The summed E-state index contributed by atoms with van der Waals surface area (Å²) >= 11 is 1.28. The van der Waals surface area contributed by atoms with E-state index in [-0.39, 0.29) is 17.0 Å². The number of nitrogens with zero attached hydrogens (tertiary/aromatic N) is 4. The lowest BCUT2D eigenvalue weighted by Gasteiger charge is -2.11. The highest BCUT2D eigenvalue weighted by Crippen LogP contribution is 2.33. The Hall–Kier alpha value is -3.27. The molecule has 2 N–H and O–H groups in total. The molecule has 27 heavy (non-hydrogen) atoms. The van der Waals surface area contributed by atoms with Gasteiger partial charge < -0.3 is 5.73 Å². The molecule has 10 heteroatoms. The Labute approximate surface area is 154 Å². The van der Waals surface area contributed by atoms with Crippen molar-refractivity contribution in [2.45, 2.75) is 6.18 Å². The lowest BCUT2D eigenvalue weighted by atomic mass is 10.2. The fourth-order valence-electron chi connectivity index (χ4n) is 2.64. The minimum Gasteiger partial charge on any atom is -0.364 e. The number of carbonyl (C=O) groups is 1. The number of alkyl halides is 3. The number of nitrogens with two attached hydrogens (primary N) is 1. The van der Waals surface area contributed by atoms with E-state index in [1.807, 2.05) is 0 Å². The van der Waals surface area contributed by atoms with Crippen LogP contribution in [0.15, 0.2) is 48.0 Å². The third-order valence-electron chi connectivity index (χ3n) is 3.81. The van der Waals surface area contributed by atoms with Crippen LogP contribution in [0.3, 0.4) is 0 Å². The molecule has 6 nitrogen and oxygen atoms in total. The molecule has 0 aliphatic rings. The molecule has 1 amide bonds. The van der Waals surface area contributed by atoms with E-state index < -0.39 is 17.6 Å². The number of pyridine rings is 1. The summed E-state index contributed by atoms with van der Waals surface area (Å²) < 4.78 is 40.9. The second kappa shape index (κ2) is 6.16. The van der Waals surface area contributed by atoms with Crippen LogP contribution in [0.4, 0.5) is 13.2 Å². The third kappa shape index (κ3) is 3.04. The Balaban J connectivity index is 2.04. The maximum absolute atomic E-state index is 13.2. The molecule has 136 valence electrons. The molecule has 0 spiro atoms. The van der Waals surface area contributed by atoms with Gasteiger partial charge in [0.05, 0.1) is 5.56 Å².